The predicted molar refractivity (Wildman–Crippen MR) is 41.1 cm³/mol. The molecule has 0 bridgehead atoms. The molecule has 0 aromatic rings. The molecule has 0 spiro atoms. The Kier molecular flexibility index (Phi) is 4.72. The van der Waals surface area contributed by atoms with Gasteiger partial charge in [-0.3, -0.25) is 4.79 Å². The summed E-state index contributed by atoms with van der Waals surface area (Å²) in [5.41, 5.74) is 9.57. The first-order valence-electron chi connectivity index (χ1n) is 3.23. The number of primary amides is 2. The largest absolute Gasteiger partial charge is 0.370 e. The van der Waals surface area contributed by atoms with Crippen LogP contribution in [0.25, 0.3) is 0 Å². The minimum Gasteiger partial charge on any atom is -0.370 e. The van der Waals surface area contributed by atoms with Crippen molar-refractivity contribution in [3.05, 3.63) is 0 Å². The van der Waals surface area contributed by atoms with E-state index in [0.717, 1.165) is 0 Å². The van der Waals surface area contributed by atoms with Crippen LogP contribution in [0.2, 0.25) is 0 Å². The zero-order valence-corrected chi connectivity index (χ0v) is 6.12. The molecule has 62 valence electrons. The van der Waals surface area contributed by atoms with Crippen LogP contribution in [0.4, 0.5) is 4.79 Å². The van der Waals surface area contributed by atoms with E-state index in [9.17, 15) is 9.59 Å². The Bertz CT molecular complexity index is 177. The van der Waals surface area contributed by atoms with Gasteiger partial charge in [-0.25, -0.2) is 9.79 Å². The number of nitrogens with two attached hydrogens (primary N) is 2. The van der Waals surface area contributed by atoms with Gasteiger partial charge in [0.1, 0.15) is 0 Å². The number of aliphatic imine (C=N–C) groups is 1. The number of urea groups is 1. The molecule has 0 aromatic heterocycles. The SMILES string of the molecule is NC(=O)CCCC=NC(N)=O. The summed E-state index contributed by atoms with van der Waals surface area (Å²) in [5, 5.41) is 0. The van der Waals surface area contributed by atoms with E-state index in [-0.39, 0.29) is 5.91 Å². The monoisotopic (exact) mass is 157 g/mol. The molecule has 3 amide bonds. The molecule has 0 aromatic carbocycles. The summed E-state index contributed by atoms with van der Waals surface area (Å²) in [7, 11) is 0. The third-order valence-electron chi connectivity index (χ3n) is 0.975. The molecule has 0 aliphatic rings. The number of rotatable bonds is 4. The van der Waals surface area contributed by atoms with Crippen LogP contribution in [0.5, 0.6) is 0 Å². The smallest absolute Gasteiger partial charge is 0.337 e. The van der Waals surface area contributed by atoms with Gasteiger partial charge in [-0.2, -0.15) is 0 Å². The van der Waals surface area contributed by atoms with E-state index in [1.807, 2.05) is 0 Å². The van der Waals surface area contributed by atoms with Gasteiger partial charge in [0.2, 0.25) is 5.91 Å². The van der Waals surface area contributed by atoms with Crippen LogP contribution in [0.1, 0.15) is 19.3 Å². The highest BCUT2D eigenvalue weighted by molar-refractivity contribution is 5.82. The lowest BCUT2D eigenvalue weighted by Crippen LogP contribution is -2.09. The highest BCUT2D eigenvalue weighted by atomic mass is 16.2. The van der Waals surface area contributed by atoms with Crippen molar-refractivity contribution >= 4 is 18.2 Å². The normalized spacial score (nSPS) is 10.2. The summed E-state index contributed by atoms with van der Waals surface area (Å²) in [6, 6.07) is -0.718. The van der Waals surface area contributed by atoms with Crippen molar-refractivity contribution in [1.29, 1.82) is 0 Å². The first kappa shape index (κ1) is 9.61. The number of carbonyl (C=O) groups excluding carboxylic acids is 2. The highest BCUT2D eigenvalue weighted by Gasteiger charge is 1.91. The first-order valence-corrected chi connectivity index (χ1v) is 3.23. The predicted octanol–water partition coefficient (Wildman–Crippen LogP) is -0.209. The van der Waals surface area contributed by atoms with E-state index in [4.69, 9.17) is 11.5 Å². The molecule has 0 saturated heterocycles. The average Bonchev–Trinajstić information content (AvgIpc) is 1.85. The van der Waals surface area contributed by atoms with Gasteiger partial charge in [0.25, 0.3) is 0 Å². The van der Waals surface area contributed by atoms with Crippen molar-refractivity contribution in [1.82, 2.24) is 0 Å². The van der Waals surface area contributed by atoms with E-state index < -0.39 is 6.03 Å². The van der Waals surface area contributed by atoms with E-state index in [2.05, 4.69) is 4.99 Å². The minimum absolute atomic E-state index is 0.310. The molecule has 0 heterocycles. The Hall–Kier alpha value is -1.39. The number of hydrogen-bond acceptors (Lipinski definition) is 2. The van der Waals surface area contributed by atoms with Crippen LogP contribution in [0.3, 0.4) is 0 Å². The van der Waals surface area contributed by atoms with Crippen molar-refractivity contribution in [3.8, 4) is 0 Å². The van der Waals surface area contributed by atoms with Gasteiger partial charge in [-0.1, -0.05) is 0 Å². The number of hydrogen-bond donors (Lipinski definition) is 2. The van der Waals surface area contributed by atoms with E-state index in [1.54, 1.807) is 0 Å². The molecule has 0 aliphatic carbocycles. The lowest BCUT2D eigenvalue weighted by atomic mass is 10.2. The van der Waals surface area contributed by atoms with Crippen molar-refractivity contribution in [2.75, 3.05) is 0 Å². The summed E-state index contributed by atoms with van der Waals surface area (Å²) in [6.45, 7) is 0. The number of carbonyl (C=O) groups is 2. The number of amides is 3. The van der Waals surface area contributed by atoms with Crippen molar-refractivity contribution in [2.24, 2.45) is 16.5 Å². The second-order valence-electron chi connectivity index (χ2n) is 2.01. The van der Waals surface area contributed by atoms with Crippen LogP contribution < -0.4 is 11.5 Å². The van der Waals surface area contributed by atoms with E-state index >= 15 is 0 Å². The maximum absolute atomic E-state index is 10.2. The van der Waals surface area contributed by atoms with Gasteiger partial charge in [0.05, 0.1) is 0 Å². The second-order valence-corrected chi connectivity index (χ2v) is 2.01. The molecule has 0 radical (unpaired) electrons. The van der Waals surface area contributed by atoms with Gasteiger partial charge < -0.3 is 11.5 Å². The van der Waals surface area contributed by atoms with Crippen molar-refractivity contribution in [3.63, 3.8) is 0 Å². The van der Waals surface area contributed by atoms with Crippen LogP contribution in [-0.4, -0.2) is 18.2 Å². The minimum atomic E-state index is -0.718. The van der Waals surface area contributed by atoms with Crippen molar-refractivity contribution in [2.45, 2.75) is 19.3 Å². The lowest BCUT2D eigenvalue weighted by molar-refractivity contribution is -0.118. The molecule has 5 nitrogen and oxygen atoms in total. The van der Waals surface area contributed by atoms with Gasteiger partial charge in [0, 0.05) is 12.6 Å². The Morgan fingerprint density at radius 2 is 2.00 bits per heavy atom. The Labute approximate surface area is 64.5 Å². The van der Waals surface area contributed by atoms with Gasteiger partial charge >= 0.3 is 6.03 Å². The third-order valence-corrected chi connectivity index (χ3v) is 0.975. The zero-order valence-electron chi connectivity index (χ0n) is 6.12. The van der Waals surface area contributed by atoms with Gasteiger partial charge in [-0.15, -0.1) is 0 Å². The second kappa shape index (κ2) is 5.40. The molecule has 0 saturated carbocycles. The molecule has 4 N–H and O–H groups in total. The van der Waals surface area contributed by atoms with E-state index in [1.165, 1.54) is 6.21 Å². The molecule has 0 aliphatic heterocycles. The average molecular weight is 157 g/mol. The fraction of sp³-hybridized carbons (Fsp3) is 0.500. The Balaban J connectivity index is 3.27. The van der Waals surface area contributed by atoms with E-state index in [0.29, 0.717) is 19.3 Å². The fourth-order valence-corrected chi connectivity index (χ4v) is 0.522. The molecular weight excluding hydrogens is 146 g/mol. The molecule has 0 unspecified atom stereocenters. The lowest BCUT2D eigenvalue weighted by Gasteiger charge is -1.89. The summed E-state index contributed by atoms with van der Waals surface area (Å²) in [5.74, 6) is -0.350. The Morgan fingerprint density at radius 1 is 1.36 bits per heavy atom. The van der Waals surface area contributed by atoms with Crippen molar-refractivity contribution < 1.29 is 9.59 Å². The highest BCUT2D eigenvalue weighted by Crippen LogP contribution is 1.90. The first-order chi connectivity index (χ1) is 5.13. The van der Waals surface area contributed by atoms with Crippen LogP contribution >= 0.6 is 0 Å². The number of nitrogens with zero attached hydrogens (tertiary/aromatic N) is 1. The maximum atomic E-state index is 10.2. The molecule has 0 fully saturated rings. The Morgan fingerprint density at radius 3 is 2.45 bits per heavy atom. The van der Waals surface area contributed by atoms with Crippen LogP contribution in [0, 0.1) is 0 Å². The maximum Gasteiger partial charge on any atom is 0.337 e. The molecule has 0 rings (SSSR count). The fourth-order valence-electron chi connectivity index (χ4n) is 0.522. The van der Waals surface area contributed by atoms with Crippen LogP contribution in [0.15, 0.2) is 4.99 Å². The van der Waals surface area contributed by atoms with Gasteiger partial charge in [0.15, 0.2) is 0 Å². The summed E-state index contributed by atoms with van der Waals surface area (Å²) < 4.78 is 0. The van der Waals surface area contributed by atoms with Gasteiger partial charge in [-0.05, 0) is 12.8 Å². The summed E-state index contributed by atoms with van der Waals surface area (Å²) in [4.78, 5) is 23.5. The molecule has 5 heteroatoms. The topological polar surface area (TPSA) is 98.5 Å². The molecule has 11 heavy (non-hydrogen) atoms. The molecular formula is C6H11N3O2. The van der Waals surface area contributed by atoms with Crippen LogP contribution in [-0.2, 0) is 4.79 Å². The quantitative estimate of drug-likeness (QED) is 0.436. The zero-order chi connectivity index (χ0) is 8.69. The standard InChI is InChI=1S/C6H11N3O2/c7-5(10)3-1-2-4-9-6(8)11/h4H,1-3H2,(H2,7,10)(H2,8,11). The molecule has 0 atom stereocenters. The number of unbranched alkanes of at least 4 members (excludes halogenated alkanes) is 1. The summed E-state index contributed by atoms with van der Waals surface area (Å²) >= 11 is 0. The third kappa shape index (κ3) is 8.61. The summed E-state index contributed by atoms with van der Waals surface area (Å²) in [6.07, 6.45) is 2.84.